The van der Waals surface area contributed by atoms with Gasteiger partial charge in [0.2, 0.25) is 0 Å². The van der Waals surface area contributed by atoms with Crippen molar-refractivity contribution < 1.29 is 23.6 Å². The number of aromatic nitrogens is 1. The number of nitrogens with one attached hydrogen (secondary N) is 1. The molecule has 7 nitrogen and oxygen atoms in total. The van der Waals surface area contributed by atoms with E-state index < -0.39 is 12.1 Å². The van der Waals surface area contributed by atoms with Crippen molar-refractivity contribution in [2.45, 2.75) is 71.6 Å². The van der Waals surface area contributed by atoms with E-state index in [4.69, 9.17) is 14.0 Å². The van der Waals surface area contributed by atoms with Crippen LogP contribution < -0.4 is 10.1 Å². The van der Waals surface area contributed by atoms with Gasteiger partial charge in [-0.2, -0.15) is 0 Å². The Labute approximate surface area is 170 Å². The van der Waals surface area contributed by atoms with Gasteiger partial charge in [-0.3, -0.25) is 4.79 Å². The highest BCUT2D eigenvalue weighted by molar-refractivity contribution is 5.94. The van der Waals surface area contributed by atoms with Gasteiger partial charge < -0.3 is 19.3 Å². The third kappa shape index (κ3) is 5.37. The van der Waals surface area contributed by atoms with Gasteiger partial charge in [-0.05, 0) is 45.7 Å². The van der Waals surface area contributed by atoms with Crippen LogP contribution in [0.2, 0.25) is 0 Å². The van der Waals surface area contributed by atoms with E-state index in [0.29, 0.717) is 11.5 Å². The molecular formula is C22H28N2O5. The highest BCUT2D eigenvalue weighted by atomic mass is 16.5. The number of rotatable bonds is 7. The molecule has 0 aliphatic heterocycles. The highest BCUT2D eigenvalue weighted by Gasteiger charge is 2.24. The number of hydrogen-bond acceptors (Lipinski definition) is 6. The maximum absolute atomic E-state index is 12.7. The van der Waals surface area contributed by atoms with Crippen LogP contribution in [0.4, 0.5) is 0 Å². The second-order valence-electron chi connectivity index (χ2n) is 7.48. The number of amides is 1. The Kier molecular flexibility index (Phi) is 6.90. The van der Waals surface area contributed by atoms with Gasteiger partial charge in [0.1, 0.15) is 23.7 Å². The molecule has 0 bridgehead atoms. The molecule has 1 aliphatic carbocycles. The van der Waals surface area contributed by atoms with Gasteiger partial charge in [0.15, 0.2) is 6.10 Å². The van der Waals surface area contributed by atoms with E-state index in [-0.39, 0.29) is 24.1 Å². The zero-order valence-electron chi connectivity index (χ0n) is 17.2. The molecule has 156 valence electrons. The number of esters is 1. The smallest absolute Gasteiger partial charge is 0.342 e. The first-order chi connectivity index (χ1) is 14.0. The summed E-state index contributed by atoms with van der Waals surface area (Å²) in [7, 11) is 0. The maximum atomic E-state index is 12.7. The quantitative estimate of drug-likeness (QED) is 0.710. The topological polar surface area (TPSA) is 90.7 Å². The minimum atomic E-state index is -0.875. The number of nitrogens with zero attached hydrogens (tertiary/aromatic N) is 1. The predicted octanol–water partition coefficient (Wildman–Crippen LogP) is 3.86. The van der Waals surface area contributed by atoms with Crippen LogP contribution in [0.1, 0.15) is 66.4 Å². The summed E-state index contributed by atoms with van der Waals surface area (Å²) >= 11 is 0. The van der Waals surface area contributed by atoms with Crippen molar-refractivity contribution in [1.29, 1.82) is 0 Å². The molecule has 1 saturated carbocycles. The van der Waals surface area contributed by atoms with Gasteiger partial charge in [0.25, 0.3) is 5.91 Å². The fourth-order valence-corrected chi connectivity index (χ4v) is 3.46. The lowest BCUT2D eigenvalue weighted by atomic mass is 9.95. The number of carbonyl (C=O) groups is 2. The van der Waals surface area contributed by atoms with E-state index >= 15 is 0 Å². The minimum absolute atomic E-state index is 0.170. The maximum Gasteiger partial charge on any atom is 0.342 e. The lowest BCUT2D eigenvalue weighted by Crippen LogP contribution is -2.42. The van der Waals surface area contributed by atoms with Crippen LogP contribution in [-0.4, -0.2) is 29.2 Å². The third-order valence-electron chi connectivity index (χ3n) is 5.26. The Balaban J connectivity index is 1.60. The Morgan fingerprint density at radius 3 is 2.62 bits per heavy atom. The summed E-state index contributed by atoms with van der Waals surface area (Å²) in [6.07, 6.45) is 4.53. The van der Waals surface area contributed by atoms with Gasteiger partial charge >= 0.3 is 5.97 Å². The van der Waals surface area contributed by atoms with Gasteiger partial charge in [0, 0.05) is 6.04 Å². The number of benzene rings is 1. The Morgan fingerprint density at radius 2 is 1.93 bits per heavy atom. The monoisotopic (exact) mass is 400 g/mol. The molecule has 1 N–H and O–H groups in total. The Hall–Kier alpha value is -2.83. The standard InChI is InChI=1S/C22H28N2O5/c1-14-19(15(2)29-24-14)13-27-20-12-8-7-11-18(20)22(26)28-16(3)21(25)23-17-9-5-4-6-10-17/h7-8,11-12,16-17H,4-6,9-10,13H2,1-3H3,(H,23,25). The fourth-order valence-electron chi connectivity index (χ4n) is 3.46. The summed E-state index contributed by atoms with van der Waals surface area (Å²) in [4.78, 5) is 25.0. The second kappa shape index (κ2) is 9.58. The molecule has 3 rings (SSSR count). The fraction of sp³-hybridized carbons (Fsp3) is 0.500. The molecule has 1 heterocycles. The molecule has 0 saturated heterocycles. The molecule has 2 aromatic rings. The van der Waals surface area contributed by atoms with Crippen molar-refractivity contribution in [3.8, 4) is 5.75 Å². The van der Waals surface area contributed by atoms with Crippen molar-refractivity contribution in [2.75, 3.05) is 0 Å². The largest absolute Gasteiger partial charge is 0.488 e. The SMILES string of the molecule is Cc1noc(C)c1COc1ccccc1C(=O)OC(C)C(=O)NC1CCCCC1. The first-order valence-corrected chi connectivity index (χ1v) is 10.1. The van der Waals surface area contributed by atoms with Crippen LogP contribution in [0.5, 0.6) is 5.75 Å². The average molecular weight is 400 g/mol. The van der Waals surface area contributed by atoms with E-state index in [9.17, 15) is 9.59 Å². The van der Waals surface area contributed by atoms with E-state index in [2.05, 4.69) is 10.5 Å². The van der Waals surface area contributed by atoms with Crippen LogP contribution in [-0.2, 0) is 16.1 Å². The van der Waals surface area contributed by atoms with Gasteiger partial charge in [0.05, 0.1) is 11.3 Å². The molecular weight excluding hydrogens is 372 g/mol. The number of para-hydroxylation sites is 1. The molecule has 0 radical (unpaired) electrons. The molecule has 1 aromatic carbocycles. The number of aryl methyl sites for hydroxylation is 2. The zero-order valence-corrected chi connectivity index (χ0v) is 17.2. The van der Waals surface area contributed by atoms with E-state index in [1.54, 1.807) is 31.2 Å². The van der Waals surface area contributed by atoms with Gasteiger partial charge in [-0.15, -0.1) is 0 Å². The van der Waals surface area contributed by atoms with Crippen LogP contribution >= 0.6 is 0 Å². The predicted molar refractivity (Wildman–Crippen MR) is 107 cm³/mol. The highest BCUT2D eigenvalue weighted by Crippen LogP contribution is 2.23. The number of hydrogen-bond donors (Lipinski definition) is 1. The van der Waals surface area contributed by atoms with Crippen molar-refractivity contribution in [3.05, 3.63) is 46.8 Å². The van der Waals surface area contributed by atoms with Crippen molar-refractivity contribution in [2.24, 2.45) is 0 Å². The second-order valence-corrected chi connectivity index (χ2v) is 7.48. The lowest BCUT2D eigenvalue weighted by Gasteiger charge is -2.24. The van der Waals surface area contributed by atoms with Crippen molar-refractivity contribution in [3.63, 3.8) is 0 Å². The Morgan fingerprint density at radius 1 is 1.21 bits per heavy atom. The molecule has 1 aromatic heterocycles. The molecule has 0 spiro atoms. The molecule has 1 unspecified atom stereocenters. The van der Waals surface area contributed by atoms with Gasteiger partial charge in [-0.25, -0.2) is 4.79 Å². The van der Waals surface area contributed by atoms with E-state index in [0.717, 1.165) is 36.9 Å². The molecule has 1 atom stereocenters. The summed E-state index contributed by atoms with van der Waals surface area (Å²) in [6.45, 7) is 5.46. The molecule has 7 heteroatoms. The van der Waals surface area contributed by atoms with Crippen LogP contribution in [0.15, 0.2) is 28.8 Å². The van der Waals surface area contributed by atoms with Crippen LogP contribution in [0.25, 0.3) is 0 Å². The van der Waals surface area contributed by atoms with Crippen molar-refractivity contribution >= 4 is 11.9 Å². The molecule has 1 aliphatic rings. The first kappa shape index (κ1) is 20.9. The molecule has 1 fully saturated rings. The minimum Gasteiger partial charge on any atom is -0.488 e. The third-order valence-corrected chi connectivity index (χ3v) is 5.26. The van der Waals surface area contributed by atoms with E-state index in [1.807, 2.05) is 13.8 Å². The summed E-state index contributed by atoms with van der Waals surface area (Å²) in [5.41, 5.74) is 1.86. The normalized spacial score (nSPS) is 15.6. The first-order valence-electron chi connectivity index (χ1n) is 10.1. The van der Waals surface area contributed by atoms with Crippen LogP contribution in [0.3, 0.4) is 0 Å². The zero-order chi connectivity index (χ0) is 20.8. The summed E-state index contributed by atoms with van der Waals surface area (Å²) in [6, 6.07) is 6.99. The van der Waals surface area contributed by atoms with Gasteiger partial charge in [-0.1, -0.05) is 36.6 Å². The lowest BCUT2D eigenvalue weighted by molar-refractivity contribution is -0.130. The van der Waals surface area contributed by atoms with Crippen LogP contribution in [0, 0.1) is 13.8 Å². The summed E-state index contributed by atoms with van der Waals surface area (Å²) in [5, 5.41) is 6.88. The van der Waals surface area contributed by atoms with E-state index in [1.165, 1.54) is 6.42 Å². The summed E-state index contributed by atoms with van der Waals surface area (Å²) < 4.78 is 16.4. The van der Waals surface area contributed by atoms with Crippen molar-refractivity contribution in [1.82, 2.24) is 10.5 Å². The molecule has 1 amide bonds. The average Bonchev–Trinajstić information content (AvgIpc) is 3.04. The summed E-state index contributed by atoms with van der Waals surface area (Å²) in [5.74, 6) is 0.206. The Bertz CT molecular complexity index is 835. The number of carbonyl (C=O) groups excluding carboxylic acids is 2. The number of ether oxygens (including phenoxy) is 2. The molecule has 29 heavy (non-hydrogen) atoms.